The Bertz CT molecular complexity index is 1710. The third-order valence-corrected chi connectivity index (χ3v) is 9.57. The van der Waals surface area contributed by atoms with Crippen LogP contribution in [0.5, 0.6) is 17.2 Å². The maximum Gasteiger partial charge on any atom is 0.251 e. The van der Waals surface area contributed by atoms with Crippen LogP contribution in [0.3, 0.4) is 0 Å². The number of carbonyl (C=O) groups excluding carboxylic acids is 3. The molecule has 3 N–H and O–H groups in total. The topological polar surface area (TPSA) is 143 Å². The van der Waals surface area contributed by atoms with Gasteiger partial charge in [-0.3, -0.25) is 14.4 Å². The van der Waals surface area contributed by atoms with E-state index in [0.717, 1.165) is 0 Å². The van der Waals surface area contributed by atoms with E-state index in [0.29, 0.717) is 22.6 Å². The van der Waals surface area contributed by atoms with E-state index in [1.54, 1.807) is 37.3 Å². The summed E-state index contributed by atoms with van der Waals surface area (Å²) in [4.78, 5) is 38.6. The quantitative estimate of drug-likeness (QED) is 0.357. The van der Waals surface area contributed by atoms with E-state index in [1.807, 2.05) is 0 Å². The van der Waals surface area contributed by atoms with Crippen LogP contribution >= 0.6 is 11.6 Å². The third-order valence-electron chi connectivity index (χ3n) is 7.48. The molecule has 47 heavy (non-hydrogen) atoms. The third kappa shape index (κ3) is 10.1. The molecule has 5 rings (SSSR count). The minimum absolute atomic E-state index is 0.000821. The number of amides is 3. The fraction of sp³-hybridized carbons (Fsp3) is 0.364. The number of nitrogens with one attached hydrogen (secondary N) is 3. The Kier molecular flexibility index (Phi) is 12.6. The summed E-state index contributed by atoms with van der Waals surface area (Å²) in [5.41, 5.74) is 1.20. The van der Waals surface area contributed by atoms with Crippen LogP contribution in [0.1, 0.15) is 54.1 Å². The summed E-state index contributed by atoms with van der Waals surface area (Å²) in [5.74, 6) is -2.01. The van der Waals surface area contributed by atoms with Gasteiger partial charge in [0.05, 0.1) is 12.9 Å². The first-order valence-electron chi connectivity index (χ1n) is 15.2. The van der Waals surface area contributed by atoms with Gasteiger partial charge >= 0.3 is 0 Å². The lowest BCUT2D eigenvalue weighted by Gasteiger charge is -2.23. The first-order valence-corrected chi connectivity index (χ1v) is 17.2. The lowest BCUT2D eigenvalue weighted by molar-refractivity contribution is -0.129. The van der Waals surface area contributed by atoms with Gasteiger partial charge in [-0.05, 0) is 72.9 Å². The summed E-state index contributed by atoms with van der Waals surface area (Å²) >= 11 is 6.07. The molecule has 14 heteroatoms. The van der Waals surface area contributed by atoms with Crippen molar-refractivity contribution in [2.45, 2.75) is 50.9 Å². The Morgan fingerprint density at radius 1 is 1.00 bits per heavy atom. The fourth-order valence-corrected chi connectivity index (χ4v) is 6.79. The number of carbonyl (C=O) groups is 3. The molecule has 3 aromatic carbocycles. The second kappa shape index (κ2) is 16.6. The Balaban J connectivity index is 1.57. The number of nitrogens with zero attached hydrogens (tertiary/aromatic N) is 1. The molecule has 2 heterocycles. The molecule has 0 saturated carbocycles. The van der Waals surface area contributed by atoms with E-state index < -0.39 is 39.6 Å². The second-order valence-electron chi connectivity index (χ2n) is 11.0. The monoisotopic (exact) mass is 688 g/mol. The molecule has 4 bridgehead atoms. The number of rotatable bonds is 5. The minimum Gasteiger partial charge on any atom is -0.493 e. The molecule has 1 atom stereocenters. The molecule has 0 fully saturated rings. The Morgan fingerprint density at radius 2 is 1.79 bits per heavy atom. The van der Waals surface area contributed by atoms with Crippen molar-refractivity contribution in [1.29, 1.82) is 0 Å². The van der Waals surface area contributed by atoms with Crippen LogP contribution in [0.2, 0.25) is 5.02 Å². The summed E-state index contributed by atoms with van der Waals surface area (Å²) in [7, 11) is -2.41. The number of ether oxygens (including phenoxy) is 2. The van der Waals surface area contributed by atoms with E-state index >= 15 is 4.39 Å². The summed E-state index contributed by atoms with van der Waals surface area (Å²) in [5, 5.41) is 8.60. The van der Waals surface area contributed by atoms with Crippen molar-refractivity contribution >= 4 is 39.3 Å². The van der Waals surface area contributed by atoms with E-state index in [1.165, 1.54) is 41.7 Å². The minimum atomic E-state index is -3.83. The lowest BCUT2D eigenvalue weighted by Crippen LogP contribution is -2.46. The van der Waals surface area contributed by atoms with Gasteiger partial charge in [-0.2, -0.15) is 0 Å². The molecule has 0 spiro atoms. The highest BCUT2D eigenvalue weighted by Crippen LogP contribution is 2.34. The van der Waals surface area contributed by atoms with Crippen molar-refractivity contribution in [3.63, 3.8) is 0 Å². The number of hydrogen-bond acceptors (Lipinski definition) is 7. The van der Waals surface area contributed by atoms with Crippen molar-refractivity contribution in [1.82, 2.24) is 20.3 Å². The van der Waals surface area contributed by atoms with Crippen molar-refractivity contribution in [3.05, 3.63) is 88.2 Å². The van der Waals surface area contributed by atoms with Gasteiger partial charge in [-0.15, -0.1) is 0 Å². The molecule has 3 amide bonds. The molecule has 0 saturated heterocycles. The number of sulfonamides is 1. The first kappa shape index (κ1) is 35.7. The molecule has 0 radical (unpaired) electrons. The largest absolute Gasteiger partial charge is 0.493 e. The van der Waals surface area contributed by atoms with Gasteiger partial charge in [0.25, 0.3) is 5.91 Å². The van der Waals surface area contributed by atoms with Gasteiger partial charge in [0.2, 0.25) is 21.8 Å². The van der Waals surface area contributed by atoms with Gasteiger partial charge in [-0.1, -0.05) is 36.7 Å². The second-order valence-corrected chi connectivity index (χ2v) is 13.4. The molecule has 2 aliphatic heterocycles. The molecule has 2 aliphatic rings. The lowest BCUT2D eigenvalue weighted by atomic mass is 10.1. The molecule has 11 nitrogen and oxygen atoms in total. The molecule has 3 aromatic rings. The average molecular weight is 689 g/mol. The van der Waals surface area contributed by atoms with Crippen LogP contribution in [-0.4, -0.2) is 63.2 Å². The zero-order valence-corrected chi connectivity index (χ0v) is 27.8. The molecule has 0 aromatic heterocycles. The highest BCUT2D eigenvalue weighted by atomic mass is 35.5. The highest BCUT2D eigenvalue weighted by Gasteiger charge is 2.24. The van der Waals surface area contributed by atoms with Gasteiger partial charge in [0.15, 0.2) is 23.1 Å². The number of methoxy groups -OCH3 is 1. The Hall–Kier alpha value is -4.20. The van der Waals surface area contributed by atoms with Gasteiger partial charge < -0.3 is 25.4 Å². The van der Waals surface area contributed by atoms with Crippen molar-refractivity contribution in [2.75, 3.05) is 26.7 Å². The van der Waals surface area contributed by atoms with Crippen molar-refractivity contribution in [2.24, 2.45) is 0 Å². The van der Waals surface area contributed by atoms with Gasteiger partial charge in [-0.25, -0.2) is 17.1 Å². The van der Waals surface area contributed by atoms with Crippen molar-refractivity contribution < 1.29 is 36.7 Å². The molecule has 252 valence electrons. The predicted octanol–water partition coefficient (Wildman–Crippen LogP) is 4.54. The summed E-state index contributed by atoms with van der Waals surface area (Å²) in [6.45, 7) is 2.02. The number of benzene rings is 3. The number of halogens is 2. The summed E-state index contributed by atoms with van der Waals surface area (Å²) in [6, 6.07) is 14.4. The van der Waals surface area contributed by atoms with Crippen LogP contribution in [0.25, 0.3) is 0 Å². The Labute approximate surface area is 278 Å². The summed E-state index contributed by atoms with van der Waals surface area (Å²) < 4.78 is 54.4. The number of hydrogen-bond donors (Lipinski definition) is 3. The van der Waals surface area contributed by atoms with Crippen LogP contribution < -0.4 is 25.4 Å². The van der Waals surface area contributed by atoms with E-state index in [4.69, 9.17) is 21.1 Å². The van der Waals surface area contributed by atoms with Crippen LogP contribution in [0, 0.1) is 5.82 Å². The maximum atomic E-state index is 15.0. The fourth-order valence-electron chi connectivity index (χ4n) is 4.98. The van der Waals surface area contributed by atoms with Crippen LogP contribution in [-0.2, 0) is 31.9 Å². The maximum absolute atomic E-state index is 15.0. The van der Waals surface area contributed by atoms with Crippen LogP contribution in [0.4, 0.5) is 4.39 Å². The summed E-state index contributed by atoms with van der Waals surface area (Å²) in [6.07, 6.45) is 0.773. The van der Waals surface area contributed by atoms with Crippen molar-refractivity contribution in [3.8, 4) is 17.2 Å². The van der Waals surface area contributed by atoms with Gasteiger partial charge in [0.1, 0.15) is 6.04 Å². The zero-order valence-electron chi connectivity index (χ0n) is 26.2. The standard InChI is InChI=1S/C33H38ClFN4O7S/c1-3-27-33(42)37-20-22-10-12-28(26(35)18-22)46-30-19-24(11-13-29(30)45-2)32(41)36-14-6-16-39(15-5-9-31(40)38-27)47(43,44)21-23-7-4-8-25(34)17-23/h4,7-8,10-13,17-19,27H,3,5-6,9,14-16,20-21H2,1-2H3,(H,36,41)(H,37,42)(H,38,40)/t27-/m0/s1. The smallest absolute Gasteiger partial charge is 0.251 e. The normalized spacial score (nSPS) is 17.6. The molecular weight excluding hydrogens is 651 g/mol. The SMILES string of the molecule is CC[C@@H]1NC(=O)CCCN(S(=O)(=O)Cc2cccc(Cl)c2)CCCNC(=O)c2ccc(OC)c(c2)Oc2ccc(cc2F)CNC1=O. The van der Waals surface area contributed by atoms with E-state index in [2.05, 4.69) is 16.0 Å². The molecule has 0 unspecified atom stereocenters. The Morgan fingerprint density at radius 3 is 2.51 bits per heavy atom. The number of fused-ring (bicyclic) bond motifs is 16. The predicted molar refractivity (Wildman–Crippen MR) is 175 cm³/mol. The van der Waals surface area contributed by atoms with Gasteiger partial charge in [0, 0.05) is 43.2 Å². The van der Waals surface area contributed by atoms with E-state index in [9.17, 15) is 22.8 Å². The zero-order chi connectivity index (χ0) is 34.0. The average Bonchev–Trinajstić information content (AvgIpc) is 3.03. The van der Waals surface area contributed by atoms with E-state index in [-0.39, 0.29) is 74.0 Å². The molecule has 0 aliphatic carbocycles. The van der Waals surface area contributed by atoms with Crippen LogP contribution in [0.15, 0.2) is 60.7 Å². The highest BCUT2D eigenvalue weighted by molar-refractivity contribution is 7.88. The first-order chi connectivity index (χ1) is 22.5. The molecular formula is C33H38ClFN4O7S.